The van der Waals surface area contributed by atoms with Gasteiger partial charge in [0.15, 0.2) is 12.4 Å². The molecule has 0 saturated heterocycles. The number of benzene rings is 1. The maximum absolute atomic E-state index is 12.9. The largest absolute Gasteiger partial charge is 0.454 e. The molecule has 0 aliphatic heterocycles. The van der Waals surface area contributed by atoms with Gasteiger partial charge in [0.1, 0.15) is 5.82 Å². The van der Waals surface area contributed by atoms with Crippen LogP contribution in [0.5, 0.6) is 0 Å². The number of ether oxygens (including phenoxy) is 1. The van der Waals surface area contributed by atoms with Gasteiger partial charge in [-0.05, 0) is 18.2 Å². The van der Waals surface area contributed by atoms with Crippen molar-refractivity contribution < 1.29 is 13.9 Å². The van der Waals surface area contributed by atoms with E-state index in [1.165, 1.54) is 6.07 Å². The van der Waals surface area contributed by atoms with Crippen LogP contribution in [0.2, 0.25) is 0 Å². The van der Waals surface area contributed by atoms with Crippen LogP contribution in [0, 0.1) is 5.82 Å². The SMILES string of the molecule is CN(C)c1nc(N)nc(COC(=O)c2ccc(F)cc2N)n1. The number of halogens is 1. The number of hydrogen-bond acceptors (Lipinski definition) is 8. The molecule has 0 aliphatic carbocycles. The van der Waals surface area contributed by atoms with Crippen LogP contribution in [0.4, 0.5) is 22.0 Å². The first-order valence-corrected chi connectivity index (χ1v) is 6.26. The summed E-state index contributed by atoms with van der Waals surface area (Å²) in [4.78, 5) is 25.4. The van der Waals surface area contributed by atoms with E-state index in [-0.39, 0.29) is 29.6 Å². The van der Waals surface area contributed by atoms with E-state index in [9.17, 15) is 9.18 Å². The van der Waals surface area contributed by atoms with Crippen LogP contribution in [0.15, 0.2) is 18.2 Å². The number of rotatable bonds is 4. The Kier molecular flexibility index (Phi) is 4.35. The normalized spacial score (nSPS) is 10.3. The third-order valence-electron chi connectivity index (χ3n) is 2.65. The minimum absolute atomic E-state index is 0.00542. The molecule has 0 spiro atoms. The maximum Gasteiger partial charge on any atom is 0.340 e. The van der Waals surface area contributed by atoms with Gasteiger partial charge in [-0.25, -0.2) is 9.18 Å². The van der Waals surface area contributed by atoms with Crippen molar-refractivity contribution >= 4 is 23.6 Å². The van der Waals surface area contributed by atoms with Crippen molar-refractivity contribution in [3.63, 3.8) is 0 Å². The molecule has 0 amide bonds. The molecule has 0 radical (unpaired) electrons. The van der Waals surface area contributed by atoms with Gasteiger partial charge < -0.3 is 21.1 Å². The number of nitrogens with zero attached hydrogens (tertiary/aromatic N) is 4. The Morgan fingerprint density at radius 2 is 2.00 bits per heavy atom. The van der Waals surface area contributed by atoms with E-state index in [4.69, 9.17) is 16.2 Å². The van der Waals surface area contributed by atoms with Crippen LogP contribution >= 0.6 is 0 Å². The summed E-state index contributed by atoms with van der Waals surface area (Å²) in [6.07, 6.45) is 0. The predicted molar refractivity (Wildman–Crippen MR) is 78.5 cm³/mol. The van der Waals surface area contributed by atoms with E-state index in [2.05, 4.69) is 15.0 Å². The highest BCUT2D eigenvalue weighted by Gasteiger charge is 2.14. The second kappa shape index (κ2) is 6.20. The number of nitrogen functional groups attached to an aromatic ring is 2. The molecular weight excluding hydrogens is 291 g/mol. The van der Waals surface area contributed by atoms with Gasteiger partial charge in [-0.1, -0.05) is 0 Å². The van der Waals surface area contributed by atoms with Crippen molar-refractivity contribution in [3.05, 3.63) is 35.4 Å². The standard InChI is InChI=1S/C13H15FN6O2/c1-20(2)13-18-10(17-12(16)19-13)6-22-11(21)8-4-3-7(14)5-9(8)15/h3-5H,6,15H2,1-2H3,(H2,16,17,18,19). The molecule has 4 N–H and O–H groups in total. The third-order valence-corrected chi connectivity index (χ3v) is 2.65. The number of hydrogen-bond donors (Lipinski definition) is 2. The quantitative estimate of drug-likeness (QED) is 0.622. The molecule has 0 fully saturated rings. The summed E-state index contributed by atoms with van der Waals surface area (Å²) in [7, 11) is 3.48. The van der Waals surface area contributed by atoms with Gasteiger partial charge in [0.25, 0.3) is 0 Å². The van der Waals surface area contributed by atoms with Crippen molar-refractivity contribution in [2.75, 3.05) is 30.5 Å². The number of carbonyl (C=O) groups excluding carboxylic acids is 1. The molecule has 22 heavy (non-hydrogen) atoms. The smallest absolute Gasteiger partial charge is 0.340 e. The van der Waals surface area contributed by atoms with Crippen LogP contribution in [0.25, 0.3) is 0 Å². The highest BCUT2D eigenvalue weighted by Crippen LogP contribution is 2.15. The molecule has 8 nitrogen and oxygen atoms in total. The monoisotopic (exact) mass is 306 g/mol. The van der Waals surface area contributed by atoms with Gasteiger partial charge in [0.2, 0.25) is 11.9 Å². The van der Waals surface area contributed by atoms with Crippen molar-refractivity contribution in [1.29, 1.82) is 0 Å². The number of aromatic nitrogens is 3. The van der Waals surface area contributed by atoms with Crippen molar-refractivity contribution in [3.8, 4) is 0 Å². The highest BCUT2D eigenvalue weighted by molar-refractivity contribution is 5.94. The summed E-state index contributed by atoms with van der Waals surface area (Å²) in [6.45, 7) is -0.205. The second-order valence-corrected chi connectivity index (χ2v) is 4.61. The lowest BCUT2D eigenvalue weighted by Gasteiger charge is -2.11. The zero-order valence-corrected chi connectivity index (χ0v) is 12.1. The Hall–Kier alpha value is -2.97. The van der Waals surface area contributed by atoms with Crippen LogP contribution in [0.1, 0.15) is 16.2 Å². The van der Waals surface area contributed by atoms with E-state index in [0.29, 0.717) is 5.95 Å². The first-order valence-electron chi connectivity index (χ1n) is 6.26. The number of anilines is 3. The summed E-state index contributed by atoms with van der Waals surface area (Å²) in [5, 5.41) is 0. The van der Waals surface area contributed by atoms with Crippen LogP contribution in [0.3, 0.4) is 0 Å². The molecule has 0 aliphatic rings. The average molecular weight is 306 g/mol. The van der Waals surface area contributed by atoms with E-state index in [1.807, 2.05) is 0 Å². The third kappa shape index (κ3) is 3.57. The molecule has 116 valence electrons. The fourth-order valence-corrected chi connectivity index (χ4v) is 1.62. The Balaban J connectivity index is 2.11. The predicted octanol–water partition coefficient (Wildman–Crippen LogP) is 0.598. The Bertz CT molecular complexity index is 707. The first-order chi connectivity index (χ1) is 10.4. The van der Waals surface area contributed by atoms with Gasteiger partial charge in [0.05, 0.1) is 5.56 Å². The fourth-order valence-electron chi connectivity index (χ4n) is 1.62. The summed E-state index contributed by atoms with van der Waals surface area (Å²) in [6, 6.07) is 3.42. The summed E-state index contributed by atoms with van der Waals surface area (Å²) >= 11 is 0. The molecule has 2 aromatic rings. The lowest BCUT2D eigenvalue weighted by molar-refractivity contribution is 0.0463. The highest BCUT2D eigenvalue weighted by atomic mass is 19.1. The van der Waals surface area contributed by atoms with E-state index >= 15 is 0 Å². The van der Waals surface area contributed by atoms with Crippen molar-refractivity contribution in [1.82, 2.24) is 15.0 Å². The van der Waals surface area contributed by atoms with E-state index in [0.717, 1.165) is 12.1 Å². The Labute approximate surface area is 125 Å². The molecule has 9 heteroatoms. The molecule has 2 rings (SSSR count). The van der Waals surface area contributed by atoms with Crippen LogP contribution < -0.4 is 16.4 Å². The van der Waals surface area contributed by atoms with E-state index in [1.54, 1.807) is 19.0 Å². The molecule has 1 aromatic carbocycles. The van der Waals surface area contributed by atoms with Crippen LogP contribution in [-0.2, 0) is 11.3 Å². The Morgan fingerprint density at radius 1 is 1.27 bits per heavy atom. The zero-order valence-electron chi connectivity index (χ0n) is 12.1. The maximum atomic E-state index is 12.9. The van der Waals surface area contributed by atoms with Gasteiger partial charge in [0, 0.05) is 19.8 Å². The van der Waals surface area contributed by atoms with Crippen molar-refractivity contribution in [2.45, 2.75) is 6.61 Å². The molecule has 0 atom stereocenters. The molecule has 0 unspecified atom stereocenters. The second-order valence-electron chi connectivity index (χ2n) is 4.61. The number of nitrogens with two attached hydrogens (primary N) is 2. The van der Waals surface area contributed by atoms with Gasteiger partial charge in [-0.3, -0.25) is 0 Å². The molecular formula is C13H15FN6O2. The topological polar surface area (TPSA) is 120 Å². The van der Waals surface area contributed by atoms with Crippen LogP contribution in [-0.4, -0.2) is 35.0 Å². The molecule has 0 bridgehead atoms. The Morgan fingerprint density at radius 3 is 2.64 bits per heavy atom. The molecule has 1 aromatic heterocycles. The minimum Gasteiger partial charge on any atom is -0.454 e. The average Bonchev–Trinajstić information content (AvgIpc) is 2.44. The van der Waals surface area contributed by atoms with Crippen molar-refractivity contribution in [2.24, 2.45) is 0 Å². The zero-order chi connectivity index (χ0) is 16.3. The van der Waals surface area contributed by atoms with Gasteiger partial charge >= 0.3 is 5.97 Å². The first kappa shape index (κ1) is 15.4. The summed E-state index contributed by atoms with van der Waals surface area (Å²) < 4.78 is 18.0. The lowest BCUT2D eigenvalue weighted by Crippen LogP contribution is -2.17. The summed E-state index contributed by atoms with van der Waals surface area (Å²) in [5.41, 5.74) is 11.2. The van der Waals surface area contributed by atoms with E-state index < -0.39 is 11.8 Å². The van der Waals surface area contributed by atoms with Gasteiger partial charge in [-0.15, -0.1) is 0 Å². The lowest BCUT2D eigenvalue weighted by atomic mass is 10.2. The summed E-state index contributed by atoms with van der Waals surface area (Å²) in [5.74, 6) is -0.672. The molecule has 1 heterocycles. The number of carbonyl (C=O) groups is 1. The number of esters is 1. The van der Waals surface area contributed by atoms with Gasteiger partial charge in [-0.2, -0.15) is 15.0 Å². The fraction of sp³-hybridized carbons (Fsp3) is 0.231. The molecule has 0 saturated carbocycles. The minimum atomic E-state index is -0.706.